The van der Waals surface area contributed by atoms with E-state index in [0.717, 1.165) is 0 Å². The molecular weight excluding hydrogens is 242 g/mol. The van der Waals surface area contributed by atoms with Crippen LogP contribution in [-0.2, 0) is 0 Å². The van der Waals surface area contributed by atoms with Gasteiger partial charge in [-0.25, -0.2) is 0 Å². The Morgan fingerprint density at radius 3 is 2.47 bits per heavy atom. The van der Waals surface area contributed by atoms with Gasteiger partial charge in [0.25, 0.3) is 5.91 Å². The van der Waals surface area contributed by atoms with Gasteiger partial charge < -0.3 is 14.8 Å². The number of hydrogen-bond donors (Lipinski definition) is 1. The first kappa shape index (κ1) is 13.7. The number of carbonyl (C=O) groups excluding carboxylic acids is 1. The second kappa shape index (κ2) is 5.11. The Morgan fingerprint density at radius 1 is 1.21 bits per heavy atom. The van der Waals surface area contributed by atoms with E-state index in [1.54, 1.807) is 18.2 Å². The standard InChI is InChI=1S/C15H21NO3/c1-10(2)16-14(17)11-5-6-12-13(7-11)19-9-15(3,4)8-18-12/h5-7,10H,8-9H2,1-4H3,(H,16,17). The van der Waals surface area contributed by atoms with Crippen LogP contribution in [0.4, 0.5) is 0 Å². The number of fused-ring (bicyclic) bond motifs is 1. The molecule has 0 fully saturated rings. The molecule has 0 radical (unpaired) electrons. The van der Waals surface area contributed by atoms with Crippen LogP contribution in [0, 0.1) is 5.41 Å². The Kier molecular flexibility index (Phi) is 3.69. The molecule has 0 atom stereocenters. The number of benzene rings is 1. The zero-order chi connectivity index (χ0) is 14.0. The molecule has 4 nitrogen and oxygen atoms in total. The van der Waals surface area contributed by atoms with Crippen LogP contribution in [0.2, 0.25) is 0 Å². The molecule has 0 bridgehead atoms. The molecule has 0 saturated carbocycles. The van der Waals surface area contributed by atoms with Crippen LogP contribution in [0.5, 0.6) is 11.5 Å². The lowest BCUT2D eigenvalue weighted by molar-refractivity contribution is 0.0942. The van der Waals surface area contributed by atoms with Crippen molar-refractivity contribution in [3.63, 3.8) is 0 Å². The van der Waals surface area contributed by atoms with E-state index in [2.05, 4.69) is 19.2 Å². The number of rotatable bonds is 2. The minimum absolute atomic E-state index is 0.0284. The third-order valence-corrected chi connectivity index (χ3v) is 2.86. The number of nitrogens with one attached hydrogen (secondary N) is 1. The van der Waals surface area contributed by atoms with Gasteiger partial charge in [0.2, 0.25) is 0 Å². The van der Waals surface area contributed by atoms with Crippen molar-refractivity contribution in [1.29, 1.82) is 0 Å². The summed E-state index contributed by atoms with van der Waals surface area (Å²) in [6.45, 7) is 9.23. The van der Waals surface area contributed by atoms with E-state index in [9.17, 15) is 4.79 Å². The van der Waals surface area contributed by atoms with Gasteiger partial charge in [-0.3, -0.25) is 4.79 Å². The first-order valence-electron chi connectivity index (χ1n) is 6.58. The highest BCUT2D eigenvalue weighted by molar-refractivity contribution is 5.95. The van der Waals surface area contributed by atoms with Crippen molar-refractivity contribution in [3.05, 3.63) is 23.8 Å². The molecule has 0 saturated heterocycles. The maximum atomic E-state index is 11.9. The van der Waals surface area contributed by atoms with Gasteiger partial charge in [0.05, 0.1) is 13.2 Å². The van der Waals surface area contributed by atoms with Gasteiger partial charge in [-0.1, -0.05) is 13.8 Å². The molecule has 19 heavy (non-hydrogen) atoms. The van der Waals surface area contributed by atoms with Crippen LogP contribution >= 0.6 is 0 Å². The van der Waals surface area contributed by atoms with E-state index < -0.39 is 0 Å². The SMILES string of the molecule is CC(C)NC(=O)c1ccc2c(c1)OCC(C)(C)CO2. The highest BCUT2D eigenvalue weighted by Crippen LogP contribution is 2.34. The van der Waals surface area contributed by atoms with E-state index in [4.69, 9.17) is 9.47 Å². The number of hydrogen-bond acceptors (Lipinski definition) is 3. The monoisotopic (exact) mass is 263 g/mol. The topological polar surface area (TPSA) is 47.6 Å². The predicted octanol–water partition coefficient (Wildman–Crippen LogP) is 2.62. The average Bonchev–Trinajstić information content (AvgIpc) is 2.47. The molecule has 0 aliphatic carbocycles. The smallest absolute Gasteiger partial charge is 0.251 e. The van der Waals surface area contributed by atoms with Crippen LogP contribution in [0.25, 0.3) is 0 Å². The minimum atomic E-state index is -0.0927. The molecule has 1 aliphatic heterocycles. The molecule has 1 N–H and O–H groups in total. The van der Waals surface area contributed by atoms with Gasteiger partial charge in [-0.05, 0) is 32.0 Å². The van der Waals surface area contributed by atoms with Crippen molar-refractivity contribution >= 4 is 5.91 Å². The number of ether oxygens (including phenoxy) is 2. The van der Waals surface area contributed by atoms with Crippen LogP contribution < -0.4 is 14.8 Å². The average molecular weight is 263 g/mol. The predicted molar refractivity (Wildman–Crippen MR) is 73.8 cm³/mol. The molecular formula is C15H21NO3. The summed E-state index contributed by atoms with van der Waals surface area (Å²) in [5.41, 5.74) is 0.565. The van der Waals surface area contributed by atoms with Gasteiger partial charge in [-0.2, -0.15) is 0 Å². The Bertz CT molecular complexity index is 480. The molecule has 0 aromatic heterocycles. The van der Waals surface area contributed by atoms with E-state index in [0.29, 0.717) is 30.3 Å². The second-order valence-corrected chi connectivity index (χ2v) is 6.03. The van der Waals surface area contributed by atoms with Crippen molar-refractivity contribution in [2.45, 2.75) is 33.7 Å². The zero-order valence-corrected chi connectivity index (χ0v) is 11.9. The van der Waals surface area contributed by atoms with E-state index in [1.807, 2.05) is 13.8 Å². The fraction of sp³-hybridized carbons (Fsp3) is 0.533. The normalized spacial score (nSPS) is 16.9. The van der Waals surface area contributed by atoms with E-state index in [-0.39, 0.29) is 17.4 Å². The molecule has 1 aromatic carbocycles. The Morgan fingerprint density at radius 2 is 1.84 bits per heavy atom. The lowest BCUT2D eigenvalue weighted by atomic mass is 9.97. The number of carbonyl (C=O) groups is 1. The lowest BCUT2D eigenvalue weighted by Crippen LogP contribution is -2.30. The highest BCUT2D eigenvalue weighted by Gasteiger charge is 2.25. The van der Waals surface area contributed by atoms with Crippen LogP contribution in [0.15, 0.2) is 18.2 Å². The van der Waals surface area contributed by atoms with E-state index >= 15 is 0 Å². The van der Waals surface area contributed by atoms with Crippen LogP contribution in [-0.4, -0.2) is 25.2 Å². The largest absolute Gasteiger partial charge is 0.489 e. The summed E-state index contributed by atoms with van der Waals surface area (Å²) in [5.74, 6) is 1.25. The summed E-state index contributed by atoms with van der Waals surface area (Å²) in [4.78, 5) is 11.9. The van der Waals surface area contributed by atoms with Crippen molar-refractivity contribution in [2.24, 2.45) is 5.41 Å². The Balaban J connectivity index is 2.20. The minimum Gasteiger partial charge on any atom is -0.489 e. The zero-order valence-electron chi connectivity index (χ0n) is 11.9. The van der Waals surface area contributed by atoms with Crippen molar-refractivity contribution < 1.29 is 14.3 Å². The van der Waals surface area contributed by atoms with Crippen LogP contribution in [0.3, 0.4) is 0 Å². The molecule has 1 heterocycles. The summed E-state index contributed by atoms with van der Waals surface area (Å²) < 4.78 is 11.5. The first-order valence-corrected chi connectivity index (χ1v) is 6.58. The molecule has 104 valence electrons. The molecule has 0 unspecified atom stereocenters. The molecule has 0 spiro atoms. The van der Waals surface area contributed by atoms with Crippen molar-refractivity contribution in [1.82, 2.24) is 5.32 Å². The summed E-state index contributed by atoms with van der Waals surface area (Å²) in [5, 5.41) is 2.86. The fourth-order valence-electron chi connectivity index (χ4n) is 1.81. The highest BCUT2D eigenvalue weighted by atomic mass is 16.5. The number of amides is 1. The molecule has 4 heteroatoms. The van der Waals surface area contributed by atoms with Crippen LogP contribution in [0.1, 0.15) is 38.1 Å². The summed E-state index contributed by atoms with van der Waals surface area (Å²) in [6.07, 6.45) is 0. The first-order chi connectivity index (χ1) is 8.87. The quantitative estimate of drug-likeness (QED) is 0.892. The van der Waals surface area contributed by atoms with Crippen molar-refractivity contribution in [3.8, 4) is 11.5 Å². The molecule has 1 aliphatic rings. The molecule has 1 aromatic rings. The third kappa shape index (κ3) is 3.40. The van der Waals surface area contributed by atoms with Gasteiger partial charge in [0.1, 0.15) is 0 Å². The molecule has 1 amide bonds. The van der Waals surface area contributed by atoms with Gasteiger partial charge in [0.15, 0.2) is 11.5 Å². The summed E-state index contributed by atoms with van der Waals surface area (Å²) in [6, 6.07) is 5.42. The fourth-order valence-corrected chi connectivity index (χ4v) is 1.81. The molecule has 2 rings (SSSR count). The van der Waals surface area contributed by atoms with Crippen molar-refractivity contribution in [2.75, 3.05) is 13.2 Å². The maximum absolute atomic E-state index is 11.9. The van der Waals surface area contributed by atoms with Gasteiger partial charge in [-0.15, -0.1) is 0 Å². The summed E-state index contributed by atoms with van der Waals surface area (Å²) >= 11 is 0. The van der Waals surface area contributed by atoms with Gasteiger partial charge >= 0.3 is 0 Å². The summed E-state index contributed by atoms with van der Waals surface area (Å²) in [7, 11) is 0. The Labute approximate surface area is 114 Å². The van der Waals surface area contributed by atoms with E-state index in [1.165, 1.54) is 0 Å². The second-order valence-electron chi connectivity index (χ2n) is 6.03. The third-order valence-electron chi connectivity index (χ3n) is 2.86. The lowest BCUT2D eigenvalue weighted by Gasteiger charge is -2.19. The Hall–Kier alpha value is -1.71. The van der Waals surface area contributed by atoms with Gasteiger partial charge in [0, 0.05) is 17.0 Å². The maximum Gasteiger partial charge on any atom is 0.251 e.